The number of benzene rings is 2. The van der Waals surface area contributed by atoms with Gasteiger partial charge in [0.1, 0.15) is 22.8 Å². The first-order chi connectivity index (χ1) is 11.1. The van der Waals surface area contributed by atoms with E-state index in [1.807, 2.05) is 6.07 Å². The molecule has 0 bridgehead atoms. The van der Waals surface area contributed by atoms with E-state index < -0.39 is 5.97 Å². The molecule has 0 fully saturated rings. The molecule has 5 heteroatoms. The highest BCUT2D eigenvalue weighted by Crippen LogP contribution is 2.31. The number of methoxy groups -OCH3 is 3. The van der Waals surface area contributed by atoms with Crippen LogP contribution in [-0.4, -0.2) is 32.4 Å². The second-order valence-corrected chi connectivity index (χ2v) is 4.68. The number of hydrogen-bond acceptors (Lipinski definition) is 5. The van der Waals surface area contributed by atoms with Crippen molar-refractivity contribution in [1.82, 2.24) is 0 Å². The predicted molar refractivity (Wildman–Crippen MR) is 87.9 cm³/mol. The van der Waals surface area contributed by atoms with Crippen LogP contribution < -0.4 is 9.47 Å². The molecule has 120 valence electrons. The molecule has 0 radical (unpaired) electrons. The number of rotatable bonds is 5. The van der Waals surface area contributed by atoms with Gasteiger partial charge in [0.05, 0.1) is 21.3 Å². The Morgan fingerprint density at radius 3 is 2.30 bits per heavy atom. The lowest BCUT2D eigenvalue weighted by atomic mass is 10.0. The maximum atomic E-state index is 12.1. The van der Waals surface area contributed by atoms with Crippen molar-refractivity contribution in [1.29, 1.82) is 0 Å². The number of carbonyl (C=O) groups is 1. The monoisotopic (exact) mass is 314 g/mol. The molecule has 0 aliphatic carbocycles. The van der Waals surface area contributed by atoms with Crippen LogP contribution in [0.5, 0.6) is 17.2 Å². The van der Waals surface area contributed by atoms with E-state index in [0.717, 1.165) is 0 Å². The van der Waals surface area contributed by atoms with Crippen molar-refractivity contribution in [2.45, 2.75) is 0 Å². The molecule has 2 rings (SSSR count). The fourth-order valence-electron chi connectivity index (χ4n) is 2.15. The summed E-state index contributed by atoms with van der Waals surface area (Å²) in [6, 6.07) is 10.2. The second kappa shape index (κ2) is 7.35. The molecule has 0 heterocycles. The predicted octanol–water partition coefficient (Wildman–Crippen LogP) is 3.37. The summed E-state index contributed by atoms with van der Waals surface area (Å²) in [5.74, 6) is 0.541. The summed E-state index contributed by atoms with van der Waals surface area (Å²) in [5, 5.41) is 9.82. The Balaban J connectivity index is 2.55. The fraction of sp³-hybridized carbons (Fsp3) is 0.167. The summed E-state index contributed by atoms with van der Waals surface area (Å²) in [5.41, 5.74) is 1.49. The largest absolute Gasteiger partial charge is 0.507 e. The van der Waals surface area contributed by atoms with Crippen LogP contribution in [0.2, 0.25) is 0 Å². The molecule has 1 N–H and O–H groups in total. The molecule has 0 aliphatic heterocycles. The lowest BCUT2D eigenvalue weighted by molar-refractivity contribution is 0.0597. The maximum Gasteiger partial charge on any atom is 0.342 e. The molecule has 0 spiro atoms. The zero-order valence-corrected chi connectivity index (χ0v) is 13.2. The molecule has 0 atom stereocenters. The minimum atomic E-state index is -0.513. The van der Waals surface area contributed by atoms with Gasteiger partial charge < -0.3 is 19.3 Å². The number of carbonyl (C=O) groups excluding carboxylic acids is 1. The van der Waals surface area contributed by atoms with Gasteiger partial charge in [-0.05, 0) is 17.7 Å². The van der Waals surface area contributed by atoms with Crippen LogP contribution in [0.1, 0.15) is 21.5 Å². The smallest absolute Gasteiger partial charge is 0.342 e. The van der Waals surface area contributed by atoms with Crippen LogP contribution >= 0.6 is 0 Å². The zero-order valence-electron chi connectivity index (χ0n) is 13.2. The average Bonchev–Trinajstić information content (AvgIpc) is 2.59. The quantitative estimate of drug-likeness (QED) is 0.677. The Morgan fingerprint density at radius 1 is 1.00 bits per heavy atom. The third-order valence-corrected chi connectivity index (χ3v) is 3.33. The van der Waals surface area contributed by atoms with Gasteiger partial charge in [-0.1, -0.05) is 30.4 Å². The molecule has 0 unspecified atom stereocenters. The van der Waals surface area contributed by atoms with Gasteiger partial charge in [-0.25, -0.2) is 4.79 Å². The topological polar surface area (TPSA) is 65.0 Å². The normalized spacial score (nSPS) is 10.6. The van der Waals surface area contributed by atoms with E-state index in [1.54, 1.807) is 42.5 Å². The van der Waals surface area contributed by atoms with Crippen molar-refractivity contribution in [2.75, 3.05) is 21.3 Å². The number of esters is 1. The molecular formula is C18H18O5. The van der Waals surface area contributed by atoms with Gasteiger partial charge >= 0.3 is 5.97 Å². The minimum absolute atomic E-state index is 0.151. The Labute approximate surface area is 134 Å². The van der Waals surface area contributed by atoms with E-state index in [2.05, 4.69) is 0 Å². The summed E-state index contributed by atoms with van der Waals surface area (Å²) in [6.07, 6.45) is 3.41. The standard InChI is InChI=1S/C18H18O5/c1-21-14-10-13(9-8-12-6-4-5-7-15(12)19)17(18(20)23-3)16(11-14)22-2/h4-11,19H,1-3H3. The van der Waals surface area contributed by atoms with Crippen molar-refractivity contribution >= 4 is 18.1 Å². The Morgan fingerprint density at radius 2 is 1.70 bits per heavy atom. The van der Waals surface area contributed by atoms with Crippen LogP contribution in [0, 0.1) is 0 Å². The van der Waals surface area contributed by atoms with Gasteiger partial charge in [0.15, 0.2) is 0 Å². The van der Waals surface area contributed by atoms with E-state index in [4.69, 9.17) is 14.2 Å². The van der Waals surface area contributed by atoms with Gasteiger partial charge in [0, 0.05) is 11.6 Å². The van der Waals surface area contributed by atoms with Gasteiger partial charge in [0.2, 0.25) is 0 Å². The molecule has 0 amide bonds. The number of hydrogen-bond donors (Lipinski definition) is 1. The summed E-state index contributed by atoms with van der Waals surface area (Å²) in [4.78, 5) is 12.1. The molecule has 2 aromatic carbocycles. The molecule has 0 saturated heterocycles. The van der Waals surface area contributed by atoms with E-state index in [-0.39, 0.29) is 5.75 Å². The summed E-state index contributed by atoms with van der Waals surface area (Å²) < 4.78 is 15.3. The number of phenols is 1. The van der Waals surface area contributed by atoms with Gasteiger partial charge in [-0.2, -0.15) is 0 Å². The lowest BCUT2D eigenvalue weighted by Gasteiger charge is -2.12. The Bertz CT molecular complexity index is 734. The highest BCUT2D eigenvalue weighted by atomic mass is 16.5. The lowest BCUT2D eigenvalue weighted by Crippen LogP contribution is -2.07. The molecule has 5 nitrogen and oxygen atoms in total. The summed E-state index contributed by atoms with van der Waals surface area (Å²) >= 11 is 0. The maximum absolute atomic E-state index is 12.1. The van der Waals surface area contributed by atoms with Crippen LogP contribution in [0.25, 0.3) is 12.2 Å². The number of para-hydroxylation sites is 1. The van der Waals surface area contributed by atoms with Crippen molar-refractivity contribution in [3.05, 3.63) is 53.1 Å². The first-order valence-corrected chi connectivity index (χ1v) is 6.91. The number of phenolic OH excluding ortho intramolecular Hbond substituents is 1. The van der Waals surface area contributed by atoms with Gasteiger partial charge in [0.25, 0.3) is 0 Å². The SMILES string of the molecule is COC(=O)c1c(C=Cc2ccccc2O)cc(OC)cc1OC. The number of aromatic hydroxyl groups is 1. The third-order valence-electron chi connectivity index (χ3n) is 3.33. The summed E-state index contributed by atoms with van der Waals surface area (Å²) in [7, 11) is 4.31. The van der Waals surface area contributed by atoms with E-state index in [9.17, 15) is 9.90 Å². The third kappa shape index (κ3) is 3.63. The molecule has 23 heavy (non-hydrogen) atoms. The van der Waals surface area contributed by atoms with Crippen LogP contribution in [0.15, 0.2) is 36.4 Å². The molecule has 0 aromatic heterocycles. The molecule has 0 aliphatic rings. The van der Waals surface area contributed by atoms with Crippen LogP contribution in [0.4, 0.5) is 0 Å². The summed E-state index contributed by atoms with van der Waals surface area (Å²) in [6.45, 7) is 0. The number of ether oxygens (including phenoxy) is 3. The van der Waals surface area contributed by atoms with Crippen molar-refractivity contribution < 1.29 is 24.1 Å². The minimum Gasteiger partial charge on any atom is -0.507 e. The Hall–Kier alpha value is -2.95. The fourth-order valence-corrected chi connectivity index (χ4v) is 2.15. The highest BCUT2D eigenvalue weighted by Gasteiger charge is 2.18. The van der Waals surface area contributed by atoms with E-state index >= 15 is 0 Å². The molecule has 2 aromatic rings. The molecular weight excluding hydrogens is 296 g/mol. The van der Waals surface area contributed by atoms with Crippen molar-refractivity contribution in [2.24, 2.45) is 0 Å². The first-order valence-electron chi connectivity index (χ1n) is 6.91. The van der Waals surface area contributed by atoms with Gasteiger partial charge in [-0.3, -0.25) is 0 Å². The first kappa shape index (κ1) is 16.4. The average molecular weight is 314 g/mol. The zero-order chi connectivity index (χ0) is 16.8. The molecule has 0 saturated carbocycles. The Kier molecular flexibility index (Phi) is 5.25. The van der Waals surface area contributed by atoms with Crippen molar-refractivity contribution in [3.8, 4) is 17.2 Å². The van der Waals surface area contributed by atoms with E-state index in [0.29, 0.717) is 28.2 Å². The highest BCUT2D eigenvalue weighted by molar-refractivity contribution is 5.98. The van der Waals surface area contributed by atoms with Gasteiger partial charge in [-0.15, -0.1) is 0 Å². The van der Waals surface area contributed by atoms with Crippen LogP contribution in [0.3, 0.4) is 0 Å². The van der Waals surface area contributed by atoms with Crippen molar-refractivity contribution in [3.63, 3.8) is 0 Å². The van der Waals surface area contributed by atoms with Crippen LogP contribution in [-0.2, 0) is 4.74 Å². The van der Waals surface area contributed by atoms with E-state index in [1.165, 1.54) is 21.3 Å². The second-order valence-electron chi connectivity index (χ2n) is 4.68.